The Kier molecular flexibility index (Phi) is 5.75. The minimum atomic E-state index is -0.670. The molecule has 9 heteroatoms. The van der Waals surface area contributed by atoms with E-state index in [-0.39, 0.29) is 40.9 Å². The van der Waals surface area contributed by atoms with Gasteiger partial charge in [0.15, 0.2) is 0 Å². The number of hydrogen-bond acceptors (Lipinski definition) is 5. The van der Waals surface area contributed by atoms with E-state index in [1.165, 1.54) is 13.3 Å². The summed E-state index contributed by atoms with van der Waals surface area (Å²) >= 11 is 0. The Balaban J connectivity index is 1.60. The van der Waals surface area contributed by atoms with Crippen molar-refractivity contribution in [3.8, 4) is 5.69 Å². The van der Waals surface area contributed by atoms with Gasteiger partial charge in [-0.3, -0.25) is 19.4 Å². The van der Waals surface area contributed by atoms with Crippen LogP contribution in [0.25, 0.3) is 16.8 Å². The zero-order chi connectivity index (χ0) is 22.0. The van der Waals surface area contributed by atoms with Crippen molar-refractivity contribution in [3.05, 3.63) is 62.5 Å². The van der Waals surface area contributed by atoms with Crippen LogP contribution in [0.2, 0.25) is 0 Å². The molecule has 2 amide bonds. The van der Waals surface area contributed by atoms with Crippen molar-refractivity contribution in [1.29, 1.82) is 0 Å². The highest BCUT2D eigenvalue weighted by molar-refractivity contribution is 6.07. The first-order valence-corrected chi connectivity index (χ1v) is 10.4. The molecule has 162 valence electrons. The first-order chi connectivity index (χ1) is 15.0. The average molecular weight is 424 g/mol. The second-order valence-corrected chi connectivity index (χ2v) is 7.73. The molecule has 2 heterocycles. The second kappa shape index (κ2) is 8.63. The van der Waals surface area contributed by atoms with E-state index in [0.29, 0.717) is 5.69 Å². The minimum absolute atomic E-state index is 0.00592. The van der Waals surface area contributed by atoms with Gasteiger partial charge in [0.05, 0.1) is 17.8 Å². The number of benzene rings is 1. The van der Waals surface area contributed by atoms with Crippen LogP contribution < -0.4 is 21.9 Å². The van der Waals surface area contributed by atoms with Gasteiger partial charge in [-0.15, -0.1) is 0 Å². The molecular formula is C22H24N4O5. The number of H-pyrrole nitrogens is 1. The number of amides is 2. The molecule has 1 fully saturated rings. The van der Waals surface area contributed by atoms with E-state index >= 15 is 0 Å². The summed E-state index contributed by atoms with van der Waals surface area (Å²) in [6.45, 7) is 1.32. The molecule has 1 aromatic carbocycles. The van der Waals surface area contributed by atoms with Gasteiger partial charge in [-0.1, -0.05) is 37.5 Å². The third-order valence-electron chi connectivity index (χ3n) is 5.55. The van der Waals surface area contributed by atoms with Gasteiger partial charge in [0.2, 0.25) is 11.6 Å². The van der Waals surface area contributed by atoms with Crippen molar-refractivity contribution in [2.45, 2.75) is 45.1 Å². The van der Waals surface area contributed by atoms with E-state index in [1.54, 1.807) is 30.3 Å². The molecule has 0 unspecified atom stereocenters. The lowest BCUT2D eigenvalue weighted by Gasteiger charge is -2.22. The van der Waals surface area contributed by atoms with Crippen molar-refractivity contribution >= 4 is 22.9 Å². The van der Waals surface area contributed by atoms with Crippen LogP contribution in [-0.2, 0) is 4.79 Å². The monoisotopic (exact) mass is 424 g/mol. The van der Waals surface area contributed by atoms with Crippen LogP contribution in [0, 0.1) is 6.92 Å². The van der Waals surface area contributed by atoms with E-state index < -0.39 is 17.2 Å². The molecule has 0 aliphatic heterocycles. The second-order valence-electron chi connectivity index (χ2n) is 7.73. The molecule has 0 radical (unpaired) electrons. The van der Waals surface area contributed by atoms with Crippen molar-refractivity contribution in [2.24, 2.45) is 0 Å². The molecule has 4 rings (SSSR count). The summed E-state index contributed by atoms with van der Waals surface area (Å²) in [5.74, 6) is -0.710. The molecule has 3 aromatic rings. The van der Waals surface area contributed by atoms with Crippen LogP contribution in [0.4, 0.5) is 0 Å². The first-order valence-electron chi connectivity index (χ1n) is 10.4. The average Bonchev–Trinajstić information content (AvgIpc) is 3.09. The number of carbonyl (C=O) groups is 2. The predicted octanol–water partition coefficient (Wildman–Crippen LogP) is 1.76. The van der Waals surface area contributed by atoms with Crippen LogP contribution >= 0.6 is 0 Å². The van der Waals surface area contributed by atoms with Gasteiger partial charge in [0.1, 0.15) is 11.1 Å². The molecule has 1 saturated carbocycles. The van der Waals surface area contributed by atoms with Crippen molar-refractivity contribution in [1.82, 2.24) is 20.2 Å². The largest absolute Gasteiger partial charge is 0.444 e. The molecule has 9 nitrogen and oxygen atoms in total. The number of aryl methyl sites for hydroxylation is 1. The number of fused-ring (bicyclic) bond motifs is 1. The van der Waals surface area contributed by atoms with Gasteiger partial charge >= 0.3 is 5.69 Å². The number of aromatic nitrogens is 2. The SMILES string of the molecule is Cc1oc2[nH]c(=O)n(-c3ccccc3)c(=O)c2c1C(=O)NCC(=O)NC1CCCCC1. The first kappa shape index (κ1) is 20.6. The molecule has 3 N–H and O–H groups in total. The van der Waals surface area contributed by atoms with E-state index in [1.807, 2.05) is 0 Å². The Bertz CT molecular complexity index is 1230. The fourth-order valence-corrected chi connectivity index (χ4v) is 4.05. The van der Waals surface area contributed by atoms with Crippen LogP contribution in [0.3, 0.4) is 0 Å². The molecular weight excluding hydrogens is 400 g/mol. The summed E-state index contributed by atoms with van der Waals surface area (Å²) in [4.78, 5) is 53.1. The van der Waals surface area contributed by atoms with E-state index in [2.05, 4.69) is 15.6 Å². The zero-order valence-electron chi connectivity index (χ0n) is 17.2. The maximum atomic E-state index is 13.1. The smallest absolute Gasteiger partial charge is 0.335 e. The summed E-state index contributed by atoms with van der Waals surface area (Å²) in [7, 11) is 0. The van der Waals surface area contributed by atoms with Crippen LogP contribution in [0.1, 0.15) is 48.2 Å². The van der Waals surface area contributed by atoms with Crippen molar-refractivity contribution < 1.29 is 14.0 Å². The van der Waals surface area contributed by atoms with Gasteiger partial charge < -0.3 is 15.1 Å². The van der Waals surface area contributed by atoms with E-state index in [9.17, 15) is 19.2 Å². The number of nitrogens with one attached hydrogen (secondary N) is 3. The van der Waals surface area contributed by atoms with Gasteiger partial charge in [-0.25, -0.2) is 9.36 Å². The van der Waals surface area contributed by atoms with E-state index in [4.69, 9.17) is 4.42 Å². The highest BCUT2D eigenvalue weighted by Crippen LogP contribution is 2.21. The number of hydrogen-bond donors (Lipinski definition) is 3. The summed E-state index contributed by atoms with van der Waals surface area (Å²) in [6.07, 6.45) is 5.24. The summed E-state index contributed by atoms with van der Waals surface area (Å²) in [6, 6.07) is 8.53. The lowest BCUT2D eigenvalue weighted by atomic mass is 9.95. The maximum Gasteiger partial charge on any atom is 0.335 e. The maximum absolute atomic E-state index is 13.1. The highest BCUT2D eigenvalue weighted by Gasteiger charge is 2.24. The standard InChI is InChI=1S/C22H24N4O5/c1-13-17(19(28)23-12-16(27)24-14-8-4-2-5-9-14)18-20(31-13)25-22(30)26(21(18)29)15-10-6-3-7-11-15/h3,6-7,10-11,14H,2,4-5,8-9,12H2,1H3,(H,23,28)(H,24,27)(H,25,30). The Morgan fingerprint density at radius 2 is 1.84 bits per heavy atom. The van der Waals surface area contributed by atoms with Crippen LogP contribution in [-0.4, -0.2) is 34.0 Å². The fourth-order valence-electron chi connectivity index (χ4n) is 4.05. The number of furan rings is 1. The topological polar surface area (TPSA) is 126 Å². The number of carbonyl (C=O) groups excluding carboxylic acids is 2. The number of para-hydroxylation sites is 1. The van der Waals surface area contributed by atoms with Gasteiger partial charge in [-0.05, 0) is 31.9 Å². The molecule has 1 aliphatic carbocycles. The molecule has 0 saturated heterocycles. The van der Waals surface area contributed by atoms with E-state index in [0.717, 1.165) is 30.3 Å². The molecule has 2 aromatic heterocycles. The van der Waals surface area contributed by atoms with Crippen molar-refractivity contribution in [3.63, 3.8) is 0 Å². The molecule has 0 atom stereocenters. The molecule has 1 aliphatic rings. The summed E-state index contributed by atoms with van der Waals surface area (Å²) in [5, 5.41) is 5.45. The molecule has 31 heavy (non-hydrogen) atoms. The Morgan fingerprint density at radius 3 is 2.55 bits per heavy atom. The van der Waals surface area contributed by atoms with Crippen molar-refractivity contribution in [2.75, 3.05) is 6.54 Å². The van der Waals surface area contributed by atoms with Crippen LogP contribution in [0.15, 0.2) is 44.3 Å². The Labute approximate surface area is 177 Å². The minimum Gasteiger partial charge on any atom is -0.444 e. The summed E-state index contributed by atoms with van der Waals surface area (Å²) in [5.41, 5.74) is -1.04. The molecule has 0 spiro atoms. The Hall–Kier alpha value is -3.62. The Morgan fingerprint density at radius 1 is 1.13 bits per heavy atom. The highest BCUT2D eigenvalue weighted by atomic mass is 16.3. The number of nitrogens with zero attached hydrogens (tertiary/aromatic N) is 1. The molecule has 0 bridgehead atoms. The lowest BCUT2D eigenvalue weighted by Crippen LogP contribution is -2.43. The lowest BCUT2D eigenvalue weighted by molar-refractivity contribution is -0.121. The third kappa shape index (κ3) is 4.16. The van der Waals surface area contributed by atoms with Gasteiger partial charge in [0.25, 0.3) is 11.5 Å². The van der Waals surface area contributed by atoms with Crippen LogP contribution in [0.5, 0.6) is 0 Å². The normalized spacial score (nSPS) is 14.5. The fraction of sp³-hybridized carbons (Fsp3) is 0.364. The predicted molar refractivity (Wildman–Crippen MR) is 115 cm³/mol. The quantitative estimate of drug-likeness (QED) is 0.575. The van der Waals surface area contributed by atoms with Gasteiger partial charge in [0, 0.05) is 6.04 Å². The third-order valence-corrected chi connectivity index (χ3v) is 5.55. The number of aromatic amines is 1. The van der Waals surface area contributed by atoms with Gasteiger partial charge in [-0.2, -0.15) is 0 Å². The zero-order valence-corrected chi connectivity index (χ0v) is 17.2. The summed E-state index contributed by atoms with van der Waals surface area (Å²) < 4.78 is 6.42. The number of rotatable bonds is 5.